The first-order valence-electron chi connectivity index (χ1n) is 8.89. The van der Waals surface area contributed by atoms with Crippen LogP contribution in [0.25, 0.3) is 0 Å². The Morgan fingerprint density at radius 1 is 1.14 bits per heavy atom. The van der Waals surface area contributed by atoms with Crippen LogP contribution in [0.1, 0.15) is 11.3 Å². The van der Waals surface area contributed by atoms with E-state index in [2.05, 4.69) is 15.3 Å². The van der Waals surface area contributed by atoms with Crippen LogP contribution < -0.4 is 19.5 Å². The van der Waals surface area contributed by atoms with Crippen LogP contribution in [-0.2, 0) is 11.3 Å². The van der Waals surface area contributed by atoms with Gasteiger partial charge in [0.2, 0.25) is 12.0 Å². The molecule has 1 aromatic carbocycles. The second kappa shape index (κ2) is 7.96. The first-order chi connectivity index (χ1) is 13.7. The summed E-state index contributed by atoms with van der Waals surface area (Å²) in [6, 6.07) is 14.6. The fraction of sp³-hybridized carbons (Fsp3) is 0.190. The number of nitrogens with one attached hydrogen (secondary N) is 1. The lowest BCUT2D eigenvalue weighted by molar-refractivity contribution is -0.130. The van der Waals surface area contributed by atoms with Crippen molar-refractivity contribution in [3.63, 3.8) is 0 Å². The van der Waals surface area contributed by atoms with Crippen LogP contribution in [-0.4, -0.2) is 28.6 Å². The van der Waals surface area contributed by atoms with Crippen LogP contribution in [0.4, 0.5) is 0 Å². The zero-order valence-corrected chi connectivity index (χ0v) is 15.3. The molecule has 2 aromatic heterocycles. The van der Waals surface area contributed by atoms with Crippen molar-refractivity contribution in [3.8, 4) is 23.1 Å². The van der Waals surface area contributed by atoms with Crippen molar-refractivity contribution >= 4 is 5.91 Å². The number of pyridine rings is 2. The highest BCUT2D eigenvalue weighted by Gasteiger charge is 2.27. The standard InChI is InChI=1S/C21H19N3O4/c1-14-8-9-16(12-23-14)27-21-15(5-4-10-22-21)11-24-20(25)19-13-26-17-6-2-3-7-18(17)28-19/h2-10,12,19H,11,13H2,1H3,(H,24,25). The molecule has 3 aromatic rings. The smallest absolute Gasteiger partial charge is 0.264 e. The van der Waals surface area contributed by atoms with Gasteiger partial charge in [0.1, 0.15) is 12.4 Å². The Kier molecular flexibility index (Phi) is 5.05. The molecule has 7 heteroatoms. The summed E-state index contributed by atoms with van der Waals surface area (Å²) in [6.07, 6.45) is 2.56. The molecule has 0 aliphatic carbocycles. The fourth-order valence-corrected chi connectivity index (χ4v) is 2.72. The Morgan fingerprint density at radius 3 is 2.82 bits per heavy atom. The van der Waals surface area contributed by atoms with Gasteiger partial charge in [-0.15, -0.1) is 0 Å². The van der Waals surface area contributed by atoms with Crippen LogP contribution in [0.15, 0.2) is 60.9 Å². The average Bonchev–Trinajstić information content (AvgIpc) is 2.74. The highest BCUT2D eigenvalue weighted by Crippen LogP contribution is 2.31. The lowest BCUT2D eigenvalue weighted by atomic mass is 10.2. The van der Waals surface area contributed by atoms with Crippen molar-refractivity contribution in [2.45, 2.75) is 19.6 Å². The molecule has 1 amide bonds. The van der Waals surface area contributed by atoms with Gasteiger partial charge in [0, 0.05) is 24.0 Å². The third-order valence-corrected chi connectivity index (χ3v) is 4.20. The average molecular weight is 377 g/mol. The van der Waals surface area contributed by atoms with E-state index in [1.165, 1.54) is 0 Å². The maximum absolute atomic E-state index is 12.5. The molecule has 4 rings (SSSR count). The first-order valence-corrected chi connectivity index (χ1v) is 8.89. The number of benzene rings is 1. The molecule has 28 heavy (non-hydrogen) atoms. The molecular formula is C21H19N3O4. The molecular weight excluding hydrogens is 358 g/mol. The third-order valence-electron chi connectivity index (χ3n) is 4.20. The highest BCUT2D eigenvalue weighted by atomic mass is 16.6. The molecule has 0 radical (unpaired) electrons. The summed E-state index contributed by atoms with van der Waals surface area (Å²) in [5.41, 5.74) is 1.64. The van der Waals surface area contributed by atoms with Crippen LogP contribution in [0, 0.1) is 6.92 Å². The number of hydrogen-bond acceptors (Lipinski definition) is 6. The molecule has 0 spiro atoms. The quantitative estimate of drug-likeness (QED) is 0.736. The number of ether oxygens (including phenoxy) is 3. The Hall–Kier alpha value is -3.61. The number of amides is 1. The Balaban J connectivity index is 1.40. The third kappa shape index (κ3) is 4.03. The molecule has 0 bridgehead atoms. The topological polar surface area (TPSA) is 82.6 Å². The molecule has 1 aliphatic rings. The van der Waals surface area contributed by atoms with Crippen LogP contribution in [0.2, 0.25) is 0 Å². The van der Waals surface area contributed by atoms with E-state index in [0.717, 1.165) is 11.3 Å². The van der Waals surface area contributed by atoms with Gasteiger partial charge in [-0.3, -0.25) is 9.78 Å². The van der Waals surface area contributed by atoms with Gasteiger partial charge in [-0.1, -0.05) is 18.2 Å². The molecule has 1 atom stereocenters. The molecule has 0 fully saturated rings. The van der Waals surface area contributed by atoms with Crippen molar-refractivity contribution in [1.82, 2.24) is 15.3 Å². The summed E-state index contributed by atoms with van der Waals surface area (Å²) in [5.74, 6) is 1.94. The molecule has 3 heterocycles. The van der Waals surface area contributed by atoms with Gasteiger partial charge in [-0.05, 0) is 37.3 Å². The van der Waals surface area contributed by atoms with Crippen molar-refractivity contribution < 1.29 is 19.0 Å². The monoisotopic (exact) mass is 377 g/mol. The Bertz CT molecular complexity index is 975. The molecule has 142 valence electrons. The summed E-state index contributed by atoms with van der Waals surface area (Å²) in [6.45, 7) is 2.32. The molecule has 0 saturated carbocycles. The summed E-state index contributed by atoms with van der Waals surface area (Å²) >= 11 is 0. The lowest BCUT2D eigenvalue weighted by Gasteiger charge is -2.25. The molecule has 0 saturated heterocycles. The number of aryl methyl sites for hydroxylation is 1. The van der Waals surface area contributed by atoms with E-state index in [4.69, 9.17) is 14.2 Å². The normalized spacial score (nSPS) is 15.0. The van der Waals surface area contributed by atoms with Crippen LogP contribution in [0.5, 0.6) is 23.1 Å². The lowest BCUT2D eigenvalue weighted by Crippen LogP contribution is -2.43. The van der Waals surface area contributed by atoms with Gasteiger partial charge in [0.25, 0.3) is 5.91 Å². The highest BCUT2D eigenvalue weighted by molar-refractivity contribution is 5.81. The molecule has 1 aliphatic heterocycles. The van der Waals surface area contributed by atoms with Gasteiger partial charge >= 0.3 is 0 Å². The van der Waals surface area contributed by atoms with Gasteiger partial charge in [-0.25, -0.2) is 4.98 Å². The second-order valence-electron chi connectivity index (χ2n) is 6.29. The minimum atomic E-state index is -0.711. The number of carbonyl (C=O) groups excluding carboxylic acids is 1. The van der Waals surface area contributed by atoms with Gasteiger partial charge in [0.05, 0.1) is 6.20 Å². The number of aromatic nitrogens is 2. The van der Waals surface area contributed by atoms with Gasteiger partial charge in [0.15, 0.2) is 11.5 Å². The minimum Gasteiger partial charge on any atom is -0.485 e. The van der Waals surface area contributed by atoms with E-state index in [1.54, 1.807) is 24.5 Å². The maximum atomic E-state index is 12.5. The largest absolute Gasteiger partial charge is 0.485 e. The van der Waals surface area contributed by atoms with E-state index in [1.807, 2.05) is 43.3 Å². The first kappa shape index (κ1) is 17.8. The van der Waals surface area contributed by atoms with E-state index in [9.17, 15) is 4.79 Å². The minimum absolute atomic E-state index is 0.161. The number of carbonyl (C=O) groups is 1. The van der Waals surface area contributed by atoms with Crippen LogP contribution in [0.3, 0.4) is 0 Å². The second-order valence-corrected chi connectivity index (χ2v) is 6.29. The zero-order valence-electron chi connectivity index (χ0n) is 15.3. The number of nitrogens with zero attached hydrogens (tertiary/aromatic N) is 2. The number of hydrogen-bond donors (Lipinski definition) is 1. The van der Waals surface area contributed by atoms with E-state index >= 15 is 0 Å². The summed E-state index contributed by atoms with van der Waals surface area (Å²) in [7, 11) is 0. The van der Waals surface area contributed by atoms with E-state index in [-0.39, 0.29) is 19.1 Å². The van der Waals surface area contributed by atoms with Crippen molar-refractivity contribution in [1.29, 1.82) is 0 Å². The van der Waals surface area contributed by atoms with Crippen LogP contribution >= 0.6 is 0 Å². The zero-order chi connectivity index (χ0) is 19.3. The van der Waals surface area contributed by atoms with Crippen molar-refractivity contribution in [2.24, 2.45) is 0 Å². The number of fused-ring (bicyclic) bond motifs is 1. The predicted octanol–water partition coefficient (Wildman–Crippen LogP) is 3.03. The van der Waals surface area contributed by atoms with E-state index in [0.29, 0.717) is 23.1 Å². The summed E-state index contributed by atoms with van der Waals surface area (Å²) in [4.78, 5) is 21.0. The SMILES string of the molecule is Cc1ccc(Oc2ncccc2CNC(=O)C2COc3ccccc3O2)cn1. The Morgan fingerprint density at radius 2 is 2.00 bits per heavy atom. The van der Waals surface area contributed by atoms with Gasteiger partial charge in [-0.2, -0.15) is 0 Å². The van der Waals surface area contributed by atoms with E-state index < -0.39 is 6.10 Å². The summed E-state index contributed by atoms with van der Waals surface area (Å²) in [5, 5.41) is 2.86. The maximum Gasteiger partial charge on any atom is 0.264 e. The molecule has 1 N–H and O–H groups in total. The Labute approximate surface area is 162 Å². The summed E-state index contributed by atoms with van der Waals surface area (Å²) < 4.78 is 17.1. The predicted molar refractivity (Wildman–Crippen MR) is 101 cm³/mol. The van der Waals surface area contributed by atoms with Gasteiger partial charge < -0.3 is 19.5 Å². The van der Waals surface area contributed by atoms with Crippen molar-refractivity contribution in [2.75, 3.05) is 6.61 Å². The van der Waals surface area contributed by atoms with Crippen molar-refractivity contribution in [3.05, 3.63) is 72.2 Å². The number of para-hydroxylation sites is 2. The number of rotatable bonds is 5. The fourth-order valence-electron chi connectivity index (χ4n) is 2.72. The molecule has 1 unspecified atom stereocenters. The molecule has 7 nitrogen and oxygen atoms in total.